The number of nitrogens with two attached hydrogens (primary N) is 1. The lowest BCUT2D eigenvalue weighted by atomic mass is 10.0. The van der Waals surface area contributed by atoms with Gasteiger partial charge < -0.3 is 10.6 Å². The number of hydrogen-bond acceptors (Lipinski definition) is 2. The van der Waals surface area contributed by atoms with Gasteiger partial charge in [0.15, 0.2) is 0 Å². The first kappa shape index (κ1) is 8.46. The highest BCUT2D eigenvalue weighted by Gasteiger charge is 2.26. The molecule has 3 nitrogen and oxygen atoms in total. The number of halogens is 1. The molecule has 1 rings (SSSR count). The Morgan fingerprint density at radius 2 is 2.36 bits per heavy atom. The molecule has 0 saturated carbocycles. The Morgan fingerprint density at radius 1 is 1.73 bits per heavy atom. The number of amides is 1. The van der Waals surface area contributed by atoms with Gasteiger partial charge in [-0.2, -0.15) is 0 Å². The third kappa shape index (κ3) is 1.89. The van der Waals surface area contributed by atoms with Crippen LogP contribution in [0.15, 0.2) is 0 Å². The molecule has 0 aromatic rings. The molecule has 2 N–H and O–H groups in total. The Morgan fingerprint density at radius 3 is 2.82 bits per heavy atom. The quantitative estimate of drug-likeness (QED) is 0.538. The minimum absolute atomic E-state index is 0.0210. The number of piperidine rings is 1. The summed E-state index contributed by atoms with van der Waals surface area (Å²) in [6.07, 6.45) is -0.564. The summed E-state index contributed by atoms with van der Waals surface area (Å²) in [5.41, 5.74) is 5.44. The van der Waals surface area contributed by atoms with Crippen molar-refractivity contribution < 1.29 is 9.18 Å². The van der Waals surface area contributed by atoms with Crippen LogP contribution in [0.25, 0.3) is 0 Å². The summed E-state index contributed by atoms with van der Waals surface area (Å²) in [4.78, 5) is 12.4. The lowest BCUT2D eigenvalue weighted by Gasteiger charge is -2.32. The van der Waals surface area contributed by atoms with Gasteiger partial charge in [-0.05, 0) is 6.42 Å². The lowest BCUT2D eigenvalue weighted by Crippen LogP contribution is -2.51. The lowest BCUT2D eigenvalue weighted by molar-refractivity contribution is -0.130. The van der Waals surface area contributed by atoms with E-state index in [1.807, 2.05) is 0 Å². The van der Waals surface area contributed by atoms with Crippen LogP contribution in [0, 0.1) is 0 Å². The fraction of sp³-hybridized carbons (Fsp3) is 0.857. The molecule has 0 bridgehead atoms. The van der Waals surface area contributed by atoms with Gasteiger partial charge in [-0.25, -0.2) is 4.39 Å². The molecule has 2 atom stereocenters. The summed E-state index contributed by atoms with van der Waals surface area (Å²) in [7, 11) is 0. The monoisotopic (exact) mass is 160 g/mol. The normalized spacial score (nSPS) is 32.1. The second-order valence-corrected chi connectivity index (χ2v) is 2.93. The first-order valence-electron chi connectivity index (χ1n) is 3.76. The minimum atomic E-state index is -0.939. The van der Waals surface area contributed by atoms with Crippen molar-refractivity contribution in [3.8, 4) is 0 Å². The average molecular weight is 160 g/mol. The van der Waals surface area contributed by atoms with Gasteiger partial charge in [-0.3, -0.25) is 4.79 Å². The van der Waals surface area contributed by atoms with Crippen molar-refractivity contribution in [3.63, 3.8) is 0 Å². The summed E-state index contributed by atoms with van der Waals surface area (Å²) in [6, 6.07) is -0.493. The molecule has 0 aromatic carbocycles. The maximum atomic E-state index is 12.8. The van der Waals surface area contributed by atoms with Gasteiger partial charge in [0.05, 0.1) is 6.04 Å². The second-order valence-electron chi connectivity index (χ2n) is 2.93. The third-order valence-corrected chi connectivity index (χ3v) is 2.02. The molecule has 4 heteroatoms. The zero-order valence-corrected chi connectivity index (χ0v) is 6.59. The average Bonchev–Trinajstić information content (AvgIpc) is 1.94. The standard InChI is InChI=1S/C7H13FN2O/c1-5(11)10-3-2-6(8)7(9)4-10/h6-7H,2-4,9H2,1H3/t6-,7+/m1/s1. The van der Waals surface area contributed by atoms with Crippen LogP contribution in [0.4, 0.5) is 4.39 Å². The van der Waals surface area contributed by atoms with Crippen LogP contribution in [-0.4, -0.2) is 36.1 Å². The highest BCUT2D eigenvalue weighted by Crippen LogP contribution is 2.12. The Labute approximate surface area is 65.3 Å². The fourth-order valence-corrected chi connectivity index (χ4v) is 1.24. The highest BCUT2D eigenvalue weighted by molar-refractivity contribution is 5.73. The van der Waals surface area contributed by atoms with E-state index >= 15 is 0 Å². The molecular weight excluding hydrogens is 147 g/mol. The number of carbonyl (C=O) groups excluding carboxylic acids is 1. The number of alkyl halides is 1. The summed E-state index contributed by atoms with van der Waals surface area (Å²) in [5, 5.41) is 0. The van der Waals surface area contributed by atoms with Crippen molar-refractivity contribution in [1.29, 1.82) is 0 Å². The summed E-state index contributed by atoms with van der Waals surface area (Å²) < 4.78 is 12.8. The van der Waals surface area contributed by atoms with Gasteiger partial charge in [0.2, 0.25) is 5.91 Å². The van der Waals surface area contributed by atoms with Gasteiger partial charge in [-0.15, -0.1) is 0 Å². The Hall–Kier alpha value is -0.640. The van der Waals surface area contributed by atoms with E-state index in [1.165, 1.54) is 6.92 Å². The van der Waals surface area contributed by atoms with Crippen LogP contribution in [-0.2, 0) is 4.79 Å². The Kier molecular flexibility index (Phi) is 2.44. The molecule has 1 saturated heterocycles. The molecule has 0 unspecified atom stereocenters. The Balaban J connectivity index is 2.46. The number of likely N-dealkylation sites (tertiary alicyclic amines) is 1. The van der Waals surface area contributed by atoms with Crippen LogP contribution in [0.1, 0.15) is 13.3 Å². The zero-order chi connectivity index (χ0) is 8.43. The number of rotatable bonds is 0. The molecule has 1 amide bonds. The van der Waals surface area contributed by atoms with E-state index in [1.54, 1.807) is 4.90 Å². The maximum absolute atomic E-state index is 12.8. The van der Waals surface area contributed by atoms with E-state index in [2.05, 4.69) is 0 Å². The molecule has 11 heavy (non-hydrogen) atoms. The van der Waals surface area contributed by atoms with E-state index in [0.717, 1.165) is 0 Å². The van der Waals surface area contributed by atoms with Crippen LogP contribution < -0.4 is 5.73 Å². The predicted octanol–water partition coefficient (Wildman–Crippen LogP) is -0.0960. The first-order chi connectivity index (χ1) is 5.11. The van der Waals surface area contributed by atoms with Gasteiger partial charge in [0.25, 0.3) is 0 Å². The third-order valence-electron chi connectivity index (χ3n) is 2.02. The summed E-state index contributed by atoms with van der Waals surface area (Å²) in [5.74, 6) is -0.0210. The van der Waals surface area contributed by atoms with E-state index < -0.39 is 12.2 Å². The van der Waals surface area contributed by atoms with Crippen LogP contribution in [0.5, 0.6) is 0 Å². The molecule has 0 spiro atoms. The van der Waals surface area contributed by atoms with Crippen molar-refractivity contribution in [2.24, 2.45) is 5.73 Å². The van der Waals surface area contributed by atoms with Crippen molar-refractivity contribution in [2.45, 2.75) is 25.6 Å². The molecule has 0 aliphatic carbocycles. The molecule has 64 valence electrons. The van der Waals surface area contributed by atoms with Gasteiger partial charge in [0.1, 0.15) is 6.17 Å². The Bertz CT molecular complexity index is 163. The number of hydrogen-bond donors (Lipinski definition) is 1. The summed E-state index contributed by atoms with van der Waals surface area (Å²) >= 11 is 0. The van der Waals surface area contributed by atoms with E-state index in [0.29, 0.717) is 19.5 Å². The van der Waals surface area contributed by atoms with Crippen molar-refractivity contribution in [3.05, 3.63) is 0 Å². The number of carbonyl (C=O) groups is 1. The molecule has 1 fully saturated rings. The highest BCUT2D eigenvalue weighted by atomic mass is 19.1. The van der Waals surface area contributed by atoms with Crippen molar-refractivity contribution in [2.75, 3.05) is 13.1 Å². The van der Waals surface area contributed by atoms with Crippen LogP contribution in [0.2, 0.25) is 0 Å². The van der Waals surface area contributed by atoms with E-state index in [-0.39, 0.29) is 5.91 Å². The van der Waals surface area contributed by atoms with E-state index in [4.69, 9.17) is 5.73 Å². The van der Waals surface area contributed by atoms with Gasteiger partial charge in [-0.1, -0.05) is 0 Å². The topological polar surface area (TPSA) is 46.3 Å². The SMILES string of the molecule is CC(=O)N1CC[C@@H](F)[C@@H](N)C1. The summed E-state index contributed by atoms with van der Waals surface area (Å²) in [6.45, 7) is 2.34. The molecule has 1 heterocycles. The van der Waals surface area contributed by atoms with Gasteiger partial charge >= 0.3 is 0 Å². The first-order valence-corrected chi connectivity index (χ1v) is 3.76. The molecular formula is C7H13FN2O. The van der Waals surface area contributed by atoms with Crippen molar-refractivity contribution in [1.82, 2.24) is 4.90 Å². The van der Waals surface area contributed by atoms with Crippen molar-refractivity contribution >= 4 is 5.91 Å². The number of nitrogens with zero attached hydrogens (tertiary/aromatic N) is 1. The smallest absolute Gasteiger partial charge is 0.219 e. The molecule has 1 aliphatic rings. The second kappa shape index (κ2) is 3.17. The molecule has 1 aliphatic heterocycles. The maximum Gasteiger partial charge on any atom is 0.219 e. The molecule has 0 radical (unpaired) electrons. The van der Waals surface area contributed by atoms with Crippen LogP contribution in [0.3, 0.4) is 0 Å². The predicted molar refractivity (Wildman–Crippen MR) is 39.7 cm³/mol. The van der Waals surface area contributed by atoms with Crippen LogP contribution >= 0.6 is 0 Å². The fourth-order valence-electron chi connectivity index (χ4n) is 1.24. The van der Waals surface area contributed by atoms with Gasteiger partial charge in [0, 0.05) is 20.0 Å². The van der Waals surface area contributed by atoms with E-state index in [9.17, 15) is 9.18 Å². The largest absolute Gasteiger partial charge is 0.341 e. The molecule has 0 aromatic heterocycles. The minimum Gasteiger partial charge on any atom is -0.341 e. The zero-order valence-electron chi connectivity index (χ0n) is 6.59.